The summed E-state index contributed by atoms with van der Waals surface area (Å²) in [5, 5.41) is 0. The lowest BCUT2D eigenvalue weighted by atomic mass is 9.32. The van der Waals surface area contributed by atoms with Crippen LogP contribution in [0.4, 0.5) is 51.2 Å². The van der Waals surface area contributed by atoms with Crippen LogP contribution in [0.25, 0.3) is 11.1 Å². The monoisotopic (exact) mass is 1170 g/mol. The highest BCUT2D eigenvalue weighted by atomic mass is 15.2. The van der Waals surface area contributed by atoms with E-state index in [1.54, 1.807) is 0 Å². The lowest BCUT2D eigenvalue weighted by molar-refractivity contribution is 0.332. The first-order chi connectivity index (χ1) is 41.5. The van der Waals surface area contributed by atoms with E-state index >= 15 is 0 Å². The van der Waals surface area contributed by atoms with E-state index in [-0.39, 0.29) is 55.4 Å². The maximum Gasteiger partial charge on any atom is 0.252 e. The third kappa shape index (κ3) is 9.37. The molecule has 0 saturated carbocycles. The average Bonchev–Trinajstić information content (AvgIpc) is 0.996. The molecule has 6 aliphatic rings. The predicted molar refractivity (Wildman–Crippen MR) is 385 cm³/mol. The van der Waals surface area contributed by atoms with Gasteiger partial charge in [0.1, 0.15) is 0 Å². The van der Waals surface area contributed by atoms with E-state index in [9.17, 15) is 0 Å². The smallest absolute Gasteiger partial charge is 0.252 e. The first kappa shape index (κ1) is 59.8. The zero-order valence-electron chi connectivity index (χ0n) is 58.1. The molecule has 4 heteroatoms. The van der Waals surface area contributed by atoms with Crippen LogP contribution in [0.5, 0.6) is 0 Å². The quantitative estimate of drug-likeness (QED) is 0.159. The largest absolute Gasteiger partial charge is 0.311 e. The van der Waals surface area contributed by atoms with Crippen molar-refractivity contribution in [1.82, 2.24) is 0 Å². The van der Waals surface area contributed by atoms with Gasteiger partial charge in [-0.25, -0.2) is 0 Å². The third-order valence-electron chi connectivity index (χ3n) is 23.3. The average molecular weight is 1170 g/mol. The van der Waals surface area contributed by atoms with Crippen molar-refractivity contribution < 1.29 is 0 Å². The first-order valence-electron chi connectivity index (χ1n) is 34.0. The molecule has 458 valence electrons. The van der Waals surface area contributed by atoms with Crippen molar-refractivity contribution in [3.63, 3.8) is 0 Å². The van der Waals surface area contributed by atoms with Gasteiger partial charge in [0, 0.05) is 45.4 Å². The molecule has 89 heavy (non-hydrogen) atoms. The molecular formula is C85H100BN3. The summed E-state index contributed by atoms with van der Waals surface area (Å²) in [6.45, 7) is 51.3. The number of hydrogen-bond acceptors (Lipinski definition) is 3. The van der Waals surface area contributed by atoms with Crippen LogP contribution in [0.2, 0.25) is 0 Å². The van der Waals surface area contributed by atoms with Gasteiger partial charge in [-0.1, -0.05) is 218 Å². The van der Waals surface area contributed by atoms with E-state index in [4.69, 9.17) is 0 Å². The Bertz CT molecular complexity index is 4180. The molecule has 0 spiro atoms. The van der Waals surface area contributed by atoms with Crippen molar-refractivity contribution in [3.8, 4) is 11.1 Å². The predicted octanol–water partition coefficient (Wildman–Crippen LogP) is 21.7. The van der Waals surface area contributed by atoms with Crippen LogP contribution in [0.1, 0.15) is 245 Å². The molecule has 0 amide bonds. The van der Waals surface area contributed by atoms with Crippen molar-refractivity contribution in [2.75, 3.05) is 14.7 Å². The van der Waals surface area contributed by atoms with Crippen LogP contribution in [0.3, 0.4) is 0 Å². The SMILES string of the molecule is CC(C)(C)c1ccc(N(c2ccc(C(C)(C)C)cc2)c2cc3c4c(c2)N(c2ccc(C(C)(C)C)c5c2-c2ccccc2C5)c2cc5c(cc2B4c2cc4c(cc2N3c2ccc3c(c2)C(C)(C)CCC3(C)C)C(C)(C)CCC4(C)C)C(C)(C)CCC5(C)C)cc1. The topological polar surface area (TPSA) is 9.72 Å². The molecule has 2 heterocycles. The summed E-state index contributed by atoms with van der Waals surface area (Å²) in [6.07, 6.45) is 7.85. The summed E-state index contributed by atoms with van der Waals surface area (Å²) in [7, 11) is 0. The van der Waals surface area contributed by atoms with Gasteiger partial charge in [-0.15, -0.1) is 0 Å². The molecule has 0 atom stereocenters. The van der Waals surface area contributed by atoms with Gasteiger partial charge in [0.2, 0.25) is 0 Å². The minimum Gasteiger partial charge on any atom is -0.311 e. The molecule has 8 aromatic carbocycles. The number of nitrogens with zero attached hydrogens (tertiary/aromatic N) is 3. The van der Waals surface area contributed by atoms with Gasteiger partial charge >= 0.3 is 0 Å². The Hall–Kier alpha value is -6.78. The van der Waals surface area contributed by atoms with E-state index < -0.39 is 0 Å². The summed E-state index contributed by atoms with van der Waals surface area (Å²) in [5.41, 5.74) is 34.0. The van der Waals surface area contributed by atoms with Gasteiger partial charge in [-0.3, -0.25) is 0 Å². The van der Waals surface area contributed by atoms with E-state index in [1.807, 2.05) is 0 Å². The number of hydrogen-bond donors (Lipinski definition) is 0. The van der Waals surface area contributed by atoms with Crippen LogP contribution in [0.15, 0.2) is 140 Å². The van der Waals surface area contributed by atoms with Crippen LogP contribution >= 0.6 is 0 Å². The molecule has 0 radical (unpaired) electrons. The maximum absolute atomic E-state index is 2.82. The van der Waals surface area contributed by atoms with Gasteiger partial charge in [0.15, 0.2) is 0 Å². The van der Waals surface area contributed by atoms with Crippen molar-refractivity contribution in [2.45, 2.75) is 239 Å². The first-order valence-corrected chi connectivity index (χ1v) is 34.0. The molecule has 0 saturated heterocycles. The lowest BCUT2D eigenvalue weighted by Gasteiger charge is -2.49. The van der Waals surface area contributed by atoms with Crippen LogP contribution in [0, 0.1) is 0 Å². The van der Waals surface area contributed by atoms with Crippen molar-refractivity contribution in [1.29, 1.82) is 0 Å². The minimum atomic E-state index is -0.0587. The molecule has 0 bridgehead atoms. The van der Waals surface area contributed by atoms with Gasteiger partial charge < -0.3 is 14.7 Å². The zero-order chi connectivity index (χ0) is 63.5. The van der Waals surface area contributed by atoms with Gasteiger partial charge in [-0.2, -0.15) is 0 Å². The second-order valence-corrected chi connectivity index (χ2v) is 35.4. The summed E-state index contributed by atoms with van der Waals surface area (Å²) in [6, 6.07) is 57.4. The normalized spacial score (nSPS) is 19.2. The molecule has 0 N–H and O–H groups in total. The summed E-state index contributed by atoms with van der Waals surface area (Å²) in [4.78, 5) is 8.19. The second-order valence-electron chi connectivity index (χ2n) is 35.4. The van der Waals surface area contributed by atoms with E-state index in [2.05, 4.69) is 300 Å². The maximum atomic E-state index is 2.82. The van der Waals surface area contributed by atoms with Crippen LogP contribution in [-0.4, -0.2) is 6.71 Å². The number of fused-ring (bicyclic) bond motifs is 10. The Morgan fingerprint density at radius 3 is 1.27 bits per heavy atom. The molecule has 2 aliphatic heterocycles. The molecule has 0 fully saturated rings. The summed E-state index contributed by atoms with van der Waals surface area (Å²) >= 11 is 0. The van der Waals surface area contributed by atoms with Crippen LogP contribution < -0.4 is 31.1 Å². The Balaban J connectivity index is 1.18. The molecule has 3 nitrogen and oxygen atoms in total. The molecule has 0 aromatic heterocycles. The summed E-state index contributed by atoms with van der Waals surface area (Å²) < 4.78 is 0. The van der Waals surface area contributed by atoms with E-state index in [1.165, 1.54) is 129 Å². The number of benzene rings is 8. The second kappa shape index (κ2) is 19.4. The number of rotatable bonds is 5. The molecule has 14 rings (SSSR count). The Labute approximate surface area is 536 Å². The fourth-order valence-corrected chi connectivity index (χ4v) is 17.3. The Morgan fingerprint density at radius 1 is 0.371 bits per heavy atom. The fraction of sp³-hybridized carbons (Fsp3) is 0.435. The fourth-order valence-electron chi connectivity index (χ4n) is 17.3. The molecular weight excluding hydrogens is 1070 g/mol. The van der Waals surface area contributed by atoms with Gasteiger partial charge in [0.05, 0.1) is 11.4 Å². The zero-order valence-corrected chi connectivity index (χ0v) is 58.1. The Morgan fingerprint density at radius 2 is 0.798 bits per heavy atom. The highest BCUT2D eigenvalue weighted by molar-refractivity contribution is 7.00. The lowest BCUT2D eigenvalue weighted by Crippen LogP contribution is -2.62. The van der Waals surface area contributed by atoms with Gasteiger partial charge in [0.25, 0.3) is 6.71 Å². The summed E-state index contributed by atoms with van der Waals surface area (Å²) in [5.74, 6) is 0. The molecule has 8 aromatic rings. The molecule has 4 aliphatic carbocycles. The standard InChI is InChI=1S/C85H100BN3/c1-77(2,3)53-26-30-55(31-27-53)87(56-32-28-54(29-33-56)78(4,5)6)58-46-73-76-74(47-58)89(70-37-36-61(79(7,8)9)60-44-52-24-22-23-25-59(52)75(60)70)72-51-67-65(83(16,17)41-43-85(67,20)21)49-69(72)86(76)68-48-64-66(84(18,19)42-40-82(64,14)15)50-71(68)88(73)57-34-35-62-63(45-57)81(12,13)39-38-80(62,10)11/h22-37,45-51H,38-44H2,1-21H3. The van der Waals surface area contributed by atoms with Gasteiger partial charge in [-0.05, 0) is 244 Å². The van der Waals surface area contributed by atoms with Crippen molar-refractivity contribution >= 4 is 74.3 Å². The highest BCUT2D eigenvalue weighted by Crippen LogP contribution is 2.58. The minimum absolute atomic E-state index is 0.00116. The number of anilines is 9. The molecule has 0 unspecified atom stereocenters. The third-order valence-corrected chi connectivity index (χ3v) is 23.3. The van der Waals surface area contributed by atoms with E-state index in [0.29, 0.717) is 0 Å². The Kier molecular flexibility index (Phi) is 13.0. The van der Waals surface area contributed by atoms with Crippen molar-refractivity contribution in [3.05, 3.63) is 201 Å². The highest BCUT2D eigenvalue weighted by Gasteiger charge is 2.50. The van der Waals surface area contributed by atoms with Crippen LogP contribution in [-0.2, 0) is 55.2 Å². The van der Waals surface area contributed by atoms with E-state index in [0.717, 1.165) is 55.6 Å². The van der Waals surface area contributed by atoms with Crippen molar-refractivity contribution in [2.24, 2.45) is 0 Å².